The molecule has 2 aromatic carbocycles. The Balaban J connectivity index is 2.08. The minimum atomic E-state index is -0.650. The first-order valence-electron chi connectivity index (χ1n) is 7.13. The van der Waals surface area contributed by atoms with Crippen molar-refractivity contribution in [3.05, 3.63) is 59.2 Å². The summed E-state index contributed by atoms with van der Waals surface area (Å²) in [6.07, 6.45) is 0.113. The molecule has 0 aliphatic carbocycles. The number of hydrogen-bond donors (Lipinski definition) is 1. The summed E-state index contributed by atoms with van der Waals surface area (Å²) in [5.41, 5.74) is 2.54. The van der Waals surface area contributed by atoms with E-state index in [0.29, 0.717) is 0 Å². The van der Waals surface area contributed by atoms with Gasteiger partial charge in [0.1, 0.15) is 11.7 Å². The smallest absolute Gasteiger partial charge is 0.165 e. The van der Waals surface area contributed by atoms with E-state index in [0.717, 1.165) is 34.6 Å². The fraction of sp³-hybridized carbons (Fsp3) is 0.333. The molecule has 0 radical (unpaired) electrons. The van der Waals surface area contributed by atoms with Gasteiger partial charge in [0.05, 0.1) is 7.11 Å². The van der Waals surface area contributed by atoms with E-state index >= 15 is 0 Å². The molecule has 1 aliphatic heterocycles. The maximum atomic E-state index is 10.7. The molecule has 1 N–H and O–H groups in total. The van der Waals surface area contributed by atoms with Gasteiger partial charge >= 0.3 is 0 Å². The highest BCUT2D eigenvalue weighted by molar-refractivity contribution is 5.55. The van der Waals surface area contributed by atoms with Crippen LogP contribution in [0.1, 0.15) is 36.6 Å². The van der Waals surface area contributed by atoms with E-state index in [1.807, 2.05) is 56.3 Å². The van der Waals surface area contributed by atoms with Crippen molar-refractivity contribution in [3.8, 4) is 11.5 Å². The van der Waals surface area contributed by atoms with E-state index in [-0.39, 0.29) is 5.60 Å². The Morgan fingerprint density at radius 1 is 1.14 bits per heavy atom. The standard InChI is InChI=1S/C18H20O3/c1-18(2)11-14-13(9-10-15(20-3)17(14)21-18)16(19)12-7-5-4-6-8-12/h4-10,16,19H,11H2,1-3H3. The quantitative estimate of drug-likeness (QED) is 0.937. The molecule has 0 saturated carbocycles. The largest absolute Gasteiger partial charge is 0.493 e. The molecular formula is C18H20O3. The molecule has 110 valence electrons. The van der Waals surface area contributed by atoms with Gasteiger partial charge in [0.25, 0.3) is 0 Å². The lowest BCUT2D eigenvalue weighted by Crippen LogP contribution is -2.25. The summed E-state index contributed by atoms with van der Waals surface area (Å²) in [7, 11) is 1.64. The molecule has 0 amide bonds. The van der Waals surface area contributed by atoms with Crippen LogP contribution in [-0.2, 0) is 6.42 Å². The maximum absolute atomic E-state index is 10.7. The van der Waals surface area contributed by atoms with Gasteiger partial charge in [-0.2, -0.15) is 0 Å². The molecule has 3 heteroatoms. The van der Waals surface area contributed by atoms with Gasteiger partial charge in [-0.1, -0.05) is 36.4 Å². The van der Waals surface area contributed by atoms with Crippen molar-refractivity contribution >= 4 is 0 Å². The van der Waals surface area contributed by atoms with E-state index < -0.39 is 6.10 Å². The van der Waals surface area contributed by atoms with E-state index in [1.54, 1.807) is 7.11 Å². The fourth-order valence-corrected chi connectivity index (χ4v) is 2.89. The van der Waals surface area contributed by atoms with Crippen molar-refractivity contribution in [2.45, 2.75) is 32.0 Å². The molecule has 21 heavy (non-hydrogen) atoms. The lowest BCUT2D eigenvalue weighted by molar-refractivity contribution is 0.134. The van der Waals surface area contributed by atoms with Gasteiger partial charge in [-0.25, -0.2) is 0 Å². The van der Waals surface area contributed by atoms with Crippen LogP contribution in [0.3, 0.4) is 0 Å². The monoisotopic (exact) mass is 284 g/mol. The van der Waals surface area contributed by atoms with Crippen molar-refractivity contribution in [2.24, 2.45) is 0 Å². The van der Waals surface area contributed by atoms with Crippen LogP contribution in [0.2, 0.25) is 0 Å². The summed E-state index contributed by atoms with van der Waals surface area (Å²) in [4.78, 5) is 0. The normalized spacial score (nSPS) is 17.0. The van der Waals surface area contributed by atoms with E-state index in [4.69, 9.17) is 9.47 Å². The van der Waals surface area contributed by atoms with Crippen molar-refractivity contribution in [3.63, 3.8) is 0 Å². The Bertz CT molecular complexity index is 647. The Morgan fingerprint density at radius 3 is 2.52 bits per heavy atom. The molecular weight excluding hydrogens is 264 g/mol. The molecule has 2 aromatic rings. The number of rotatable bonds is 3. The highest BCUT2D eigenvalue weighted by Gasteiger charge is 2.35. The Hall–Kier alpha value is -2.00. The molecule has 1 aliphatic rings. The third kappa shape index (κ3) is 2.49. The first-order chi connectivity index (χ1) is 10.0. The summed E-state index contributed by atoms with van der Waals surface area (Å²) in [6.45, 7) is 4.09. The van der Waals surface area contributed by atoms with Crippen LogP contribution >= 0.6 is 0 Å². The second kappa shape index (κ2) is 5.08. The third-order valence-electron chi connectivity index (χ3n) is 3.87. The number of hydrogen-bond acceptors (Lipinski definition) is 3. The summed E-state index contributed by atoms with van der Waals surface area (Å²) in [6, 6.07) is 13.5. The average molecular weight is 284 g/mol. The SMILES string of the molecule is COc1ccc(C(O)c2ccccc2)c2c1OC(C)(C)C2. The number of fused-ring (bicyclic) bond motifs is 1. The lowest BCUT2D eigenvalue weighted by atomic mass is 9.92. The molecule has 1 heterocycles. The van der Waals surface area contributed by atoms with Crippen LogP contribution in [0.4, 0.5) is 0 Å². The molecule has 1 atom stereocenters. The van der Waals surface area contributed by atoms with Crippen LogP contribution in [0.25, 0.3) is 0 Å². The van der Waals surface area contributed by atoms with Gasteiger partial charge in [0.2, 0.25) is 0 Å². The van der Waals surface area contributed by atoms with Crippen molar-refractivity contribution in [2.75, 3.05) is 7.11 Å². The molecule has 1 unspecified atom stereocenters. The molecule has 0 fully saturated rings. The predicted molar refractivity (Wildman–Crippen MR) is 81.9 cm³/mol. The summed E-state index contributed by atoms with van der Waals surface area (Å²) in [5, 5.41) is 10.7. The molecule has 3 rings (SSSR count). The molecule has 3 nitrogen and oxygen atoms in total. The van der Waals surface area contributed by atoms with Gasteiger partial charge in [-0.05, 0) is 31.0 Å². The van der Waals surface area contributed by atoms with Crippen LogP contribution in [-0.4, -0.2) is 17.8 Å². The van der Waals surface area contributed by atoms with Crippen molar-refractivity contribution < 1.29 is 14.6 Å². The summed E-state index contributed by atoms with van der Waals surface area (Å²) >= 11 is 0. The Morgan fingerprint density at radius 2 is 1.86 bits per heavy atom. The van der Waals surface area contributed by atoms with Gasteiger partial charge < -0.3 is 14.6 Å². The zero-order valence-corrected chi connectivity index (χ0v) is 12.6. The Labute approximate surface area is 125 Å². The molecule has 0 aromatic heterocycles. The second-order valence-electron chi connectivity index (χ2n) is 6.02. The van der Waals surface area contributed by atoms with Crippen molar-refractivity contribution in [1.29, 1.82) is 0 Å². The number of methoxy groups -OCH3 is 1. The number of aliphatic hydroxyl groups is 1. The highest BCUT2D eigenvalue weighted by Crippen LogP contribution is 2.45. The number of benzene rings is 2. The second-order valence-corrected chi connectivity index (χ2v) is 6.02. The van der Waals surface area contributed by atoms with E-state index in [2.05, 4.69) is 0 Å². The first-order valence-corrected chi connectivity index (χ1v) is 7.13. The third-order valence-corrected chi connectivity index (χ3v) is 3.87. The van der Waals surface area contributed by atoms with Crippen LogP contribution in [0.15, 0.2) is 42.5 Å². The number of aliphatic hydroxyl groups excluding tert-OH is 1. The maximum Gasteiger partial charge on any atom is 0.165 e. The van der Waals surface area contributed by atoms with Gasteiger partial charge in [-0.3, -0.25) is 0 Å². The summed E-state index contributed by atoms with van der Waals surface area (Å²) in [5.74, 6) is 1.48. The van der Waals surface area contributed by atoms with Gasteiger partial charge in [-0.15, -0.1) is 0 Å². The van der Waals surface area contributed by atoms with Crippen molar-refractivity contribution in [1.82, 2.24) is 0 Å². The zero-order chi connectivity index (χ0) is 15.0. The van der Waals surface area contributed by atoms with Crippen LogP contribution in [0, 0.1) is 0 Å². The zero-order valence-electron chi connectivity index (χ0n) is 12.6. The lowest BCUT2D eigenvalue weighted by Gasteiger charge is -2.17. The van der Waals surface area contributed by atoms with Crippen LogP contribution < -0.4 is 9.47 Å². The first kappa shape index (κ1) is 14.0. The fourth-order valence-electron chi connectivity index (χ4n) is 2.89. The topological polar surface area (TPSA) is 38.7 Å². The highest BCUT2D eigenvalue weighted by atomic mass is 16.5. The number of ether oxygens (including phenoxy) is 2. The van der Waals surface area contributed by atoms with Crippen LogP contribution in [0.5, 0.6) is 11.5 Å². The van der Waals surface area contributed by atoms with E-state index in [9.17, 15) is 5.11 Å². The molecule has 0 saturated heterocycles. The predicted octanol–water partition coefficient (Wildman–Crippen LogP) is 3.49. The van der Waals surface area contributed by atoms with Gasteiger partial charge in [0, 0.05) is 12.0 Å². The average Bonchev–Trinajstić information content (AvgIpc) is 2.81. The minimum absolute atomic E-state index is 0.276. The summed E-state index contributed by atoms with van der Waals surface area (Å²) < 4.78 is 11.4. The molecule has 0 spiro atoms. The van der Waals surface area contributed by atoms with Gasteiger partial charge in [0.15, 0.2) is 11.5 Å². The Kier molecular flexibility index (Phi) is 3.38. The minimum Gasteiger partial charge on any atom is -0.493 e. The molecule has 0 bridgehead atoms. The van der Waals surface area contributed by atoms with E-state index in [1.165, 1.54) is 0 Å².